The lowest BCUT2D eigenvalue weighted by molar-refractivity contribution is 0.165. The van der Waals surface area contributed by atoms with Gasteiger partial charge in [-0.05, 0) is 37.6 Å². The Hall–Kier alpha value is -1.06. The van der Waals surface area contributed by atoms with Crippen LogP contribution in [0.25, 0.3) is 0 Å². The zero-order valence-corrected chi connectivity index (χ0v) is 9.36. The zero-order valence-electron chi connectivity index (χ0n) is 9.36. The number of hydrogen-bond acceptors (Lipinski definition) is 3. The van der Waals surface area contributed by atoms with Gasteiger partial charge in [0.15, 0.2) is 0 Å². The molecule has 1 aromatic rings. The van der Waals surface area contributed by atoms with Gasteiger partial charge in [0, 0.05) is 6.54 Å². The predicted molar refractivity (Wildman–Crippen MR) is 61.2 cm³/mol. The number of ether oxygens (including phenoxy) is 1. The molecule has 0 heterocycles. The monoisotopic (exact) mass is 209 g/mol. The second-order valence-corrected chi connectivity index (χ2v) is 3.60. The fourth-order valence-electron chi connectivity index (χ4n) is 1.50. The average Bonchev–Trinajstić information content (AvgIpc) is 2.27. The fourth-order valence-corrected chi connectivity index (χ4v) is 1.50. The van der Waals surface area contributed by atoms with E-state index < -0.39 is 0 Å². The molecule has 0 saturated carbocycles. The van der Waals surface area contributed by atoms with E-state index in [9.17, 15) is 5.11 Å². The molecular weight excluding hydrogens is 190 g/mol. The van der Waals surface area contributed by atoms with Crippen LogP contribution in [0.3, 0.4) is 0 Å². The minimum absolute atomic E-state index is 0.277. The quantitative estimate of drug-likeness (QED) is 0.740. The van der Waals surface area contributed by atoms with Crippen LogP contribution in [0.1, 0.15) is 12.0 Å². The minimum Gasteiger partial charge on any atom is -0.497 e. The van der Waals surface area contributed by atoms with Gasteiger partial charge in [0.1, 0.15) is 5.75 Å². The van der Waals surface area contributed by atoms with Gasteiger partial charge in [-0.1, -0.05) is 12.1 Å². The highest BCUT2D eigenvalue weighted by molar-refractivity contribution is 5.28. The van der Waals surface area contributed by atoms with Crippen LogP contribution in [0.4, 0.5) is 0 Å². The molecule has 0 radical (unpaired) electrons. The van der Waals surface area contributed by atoms with Crippen LogP contribution < -0.4 is 10.1 Å². The van der Waals surface area contributed by atoms with Gasteiger partial charge in [-0.25, -0.2) is 0 Å². The maximum Gasteiger partial charge on any atom is 0.119 e. The molecule has 84 valence electrons. The maximum absolute atomic E-state index is 9.54. The smallest absolute Gasteiger partial charge is 0.119 e. The number of methoxy groups -OCH3 is 1. The van der Waals surface area contributed by atoms with Crippen LogP contribution in [0.15, 0.2) is 24.3 Å². The molecule has 0 aromatic heterocycles. The Labute approximate surface area is 91.1 Å². The summed E-state index contributed by atoms with van der Waals surface area (Å²) >= 11 is 0. The van der Waals surface area contributed by atoms with E-state index in [1.54, 1.807) is 7.11 Å². The predicted octanol–water partition coefficient (Wildman–Crippen LogP) is 1.21. The molecule has 0 aliphatic heterocycles. The molecule has 0 aliphatic rings. The third-order valence-electron chi connectivity index (χ3n) is 2.34. The second kappa shape index (κ2) is 6.43. The van der Waals surface area contributed by atoms with Crippen molar-refractivity contribution in [3.8, 4) is 5.75 Å². The van der Waals surface area contributed by atoms with Crippen LogP contribution in [0.2, 0.25) is 0 Å². The summed E-state index contributed by atoms with van der Waals surface area (Å²) in [5.41, 5.74) is 1.20. The molecular formula is C12H19NO2. The second-order valence-electron chi connectivity index (χ2n) is 3.60. The molecule has 0 amide bonds. The molecule has 1 atom stereocenters. The van der Waals surface area contributed by atoms with Crippen molar-refractivity contribution < 1.29 is 9.84 Å². The molecule has 0 fully saturated rings. The first-order valence-corrected chi connectivity index (χ1v) is 5.22. The van der Waals surface area contributed by atoms with Crippen LogP contribution in [-0.2, 0) is 6.42 Å². The van der Waals surface area contributed by atoms with E-state index in [2.05, 4.69) is 11.4 Å². The summed E-state index contributed by atoms with van der Waals surface area (Å²) in [6.07, 6.45) is 1.37. The minimum atomic E-state index is -0.277. The Kier molecular flexibility index (Phi) is 5.15. The van der Waals surface area contributed by atoms with Gasteiger partial charge >= 0.3 is 0 Å². The Balaban J connectivity index is 2.43. The fraction of sp³-hybridized carbons (Fsp3) is 0.500. The number of hydrogen-bond donors (Lipinski definition) is 2. The highest BCUT2D eigenvalue weighted by Crippen LogP contribution is 2.14. The largest absolute Gasteiger partial charge is 0.497 e. The van der Waals surface area contributed by atoms with Gasteiger partial charge in [-0.3, -0.25) is 0 Å². The number of aryl methyl sites for hydroxylation is 1. The molecule has 0 spiro atoms. The summed E-state index contributed by atoms with van der Waals surface area (Å²) in [5.74, 6) is 0.871. The van der Waals surface area contributed by atoms with Crippen molar-refractivity contribution in [3.05, 3.63) is 29.8 Å². The molecule has 3 heteroatoms. The molecule has 0 aliphatic carbocycles. The van der Waals surface area contributed by atoms with Crippen LogP contribution in [0, 0.1) is 0 Å². The summed E-state index contributed by atoms with van der Waals surface area (Å²) in [5, 5.41) is 12.5. The summed E-state index contributed by atoms with van der Waals surface area (Å²) in [6, 6.07) is 7.95. The molecule has 3 nitrogen and oxygen atoms in total. The average molecular weight is 209 g/mol. The number of likely N-dealkylation sites (N-methyl/N-ethyl adjacent to an activating group) is 1. The Morgan fingerprint density at radius 1 is 1.47 bits per heavy atom. The molecule has 0 saturated heterocycles. The van der Waals surface area contributed by atoms with Crippen molar-refractivity contribution in [2.45, 2.75) is 18.9 Å². The topological polar surface area (TPSA) is 41.5 Å². The van der Waals surface area contributed by atoms with E-state index in [4.69, 9.17) is 4.74 Å². The third kappa shape index (κ3) is 4.32. The lowest BCUT2D eigenvalue weighted by Gasteiger charge is -2.10. The standard InChI is InChI=1S/C12H19NO2/c1-13-9-11(14)7-6-10-4-3-5-12(8-10)15-2/h3-5,8,11,13-14H,6-7,9H2,1-2H3. The van der Waals surface area contributed by atoms with E-state index in [1.165, 1.54) is 5.56 Å². The van der Waals surface area contributed by atoms with E-state index in [1.807, 2.05) is 25.2 Å². The van der Waals surface area contributed by atoms with E-state index in [0.29, 0.717) is 6.54 Å². The maximum atomic E-state index is 9.54. The van der Waals surface area contributed by atoms with Crippen molar-refractivity contribution in [1.82, 2.24) is 5.32 Å². The molecule has 1 unspecified atom stereocenters. The first-order chi connectivity index (χ1) is 7.26. The number of nitrogens with one attached hydrogen (secondary N) is 1. The SMILES string of the molecule is CNCC(O)CCc1cccc(OC)c1. The number of aliphatic hydroxyl groups excluding tert-OH is 1. The van der Waals surface area contributed by atoms with Crippen molar-refractivity contribution in [1.29, 1.82) is 0 Å². The first-order valence-electron chi connectivity index (χ1n) is 5.22. The summed E-state index contributed by atoms with van der Waals surface area (Å²) in [4.78, 5) is 0. The summed E-state index contributed by atoms with van der Waals surface area (Å²) in [7, 11) is 3.50. The van der Waals surface area contributed by atoms with Gasteiger partial charge in [0.25, 0.3) is 0 Å². The Morgan fingerprint density at radius 3 is 2.93 bits per heavy atom. The van der Waals surface area contributed by atoms with Crippen molar-refractivity contribution in [3.63, 3.8) is 0 Å². The molecule has 15 heavy (non-hydrogen) atoms. The first kappa shape index (κ1) is 12.0. The highest BCUT2D eigenvalue weighted by Gasteiger charge is 2.03. The molecule has 1 rings (SSSR count). The molecule has 1 aromatic carbocycles. The number of benzene rings is 1. The van der Waals surface area contributed by atoms with Gasteiger partial charge in [-0.15, -0.1) is 0 Å². The lowest BCUT2D eigenvalue weighted by Crippen LogP contribution is -2.23. The zero-order chi connectivity index (χ0) is 11.1. The lowest BCUT2D eigenvalue weighted by atomic mass is 10.1. The van der Waals surface area contributed by atoms with Crippen molar-refractivity contribution >= 4 is 0 Å². The van der Waals surface area contributed by atoms with Gasteiger partial charge in [-0.2, -0.15) is 0 Å². The van der Waals surface area contributed by atoms with E-state index >= 15 is 0 Å². The number of aliphatic hydroxyl groups is 1. The van der Waals surface area contributed by atoms with Crippen LogP contribution in [-0.4, -0.2) is 31.9 Å². The van der Waals surface area contributed by atoms with Crippen molar-refractivity contribution in [2.24, 2.45) is 0 Å². The van der Waals surface area contributed by atoms with Gasteiger partial charge in [0.05, 0.1) is 13.2 Å². The highest BCUT2D eigenvalue weighted by atomic mass is 16.5. The van der Waals surface area contributed by atoms with Crippen molar-refractivity contribution in [2.75, 3.05) is 20.7 Å². The number of rotatable bonds is 6. The third-order valence-corrected chi connectivity index (χ3v) is 2.34. The van der Waals surface area contributed by atoms with E-state index in [0.717, 1.165) is 18.6 Å². The summed E-state index contributed by atoms with van der Waals surface area (Å²) < 4.78 is 5.13. The van der Waals surface area contributed by atoms with Gasteiger partial charge < -0.3 is 15.2 Å². The Morgan fingerprint density at radius 2 is 2.27 bits per heavy atom. The Bertz CT molecular complexity index is 289. The molecule has 0 bridgehead atoms. The van der Waals surface area contributed by atoms with Gasteiger partial charge in [0.2, 0.25) is 0 Å². The summed E-state index contributed by atoms with van der Waals surface area (Å²) in [6.45, 7) is 0.643. The molecule has 2 N–H and O–H groups in total. The normalized spacial score (nSPS) is 12.5. The van der Waals surface area contributed by atoms with E-state index in [-0.39, 0.29) is 6.10 Å². The van der Waals surface area contributed by atoms with Crippen LogP contribution >= 0.6 is 0 Å². The van der Waals surface area contributed by atoms with Crippen LogP contribution in [0.5, 0.6) is 5.75 Å².